The van der Waals surface area contributed by atoms with Gasteiger partial charge < -0.3 is 19.4 Å². The van der Waals surface area contributed by atoms with Crippen LogP contribution in [-0.4, -0.2) is 53.8 Å². The Labute approximate surface area is 189 Å². The molecule has 7 heteroatoms. The van der Waals surface area contributed by atoms with Crippen molar-refractivity contribution in [3.8, 4) is 5.75 Å². The van der Waals surface area contributed by atoms with Gasteiger partial charge in [-0.1, -0.05) is 19.3 Å². The number of carbonyl (C=O) groups is 3. The predicted molar refractivity (Wildman–Crippen MR) is 121 cm³/mol. The minimum Gasteiger partial charge on any atom is -0.497 e. The summed E-state index contributed by atoms with van der Waals surface area (Å²) >= 11 is 0. The number of nitrogens with zero attached hydrogens (tertiary/aromatic N) is 1. The molecular weight excluding hydrogens is 408 g/mol. The van der Waals surface area contributed by atoms with Gasteiger partial charge in [0.15, 0.2) is 5.78 Å². The largest absolute Gasteiger partial charge is 0.497 e. The number of benzene rings is 1. The average Bonchev–Trinajstić information content (AvgIpc) is 3.12. The van der Waals surface area contributed by atoms with Crippen molar-refractivity contribution in [3.05, 3.63) is 52.3 Å². The number of rotatable bonds is 7. The highest BCUT2D eigenvalue weighted by Crippen LogP contribution is 2.29. The number of Topliss-reactive ketones (excluding diaryl/α,β-unsaturated/α-hetero) is 1. The zero-order chi connectivity index (χ0) is 23.4. The molecule has 7 nitrogen and oxygen atoms in total. The van der Waals surface area contributed by atoms with Crippen molar-refractivity contribution < 1.29 is 23.9 Å². The molecule has 1 aliphatic carbocycles. The van der Waals surface area contributed by atoms with E-state index in [1.807, 2.05) is 0 Å². The number of carbonyl (C=O) groups excluding carboxylic acids is 3. The molecule has 0 saturated heterocycles. The first-order valence-electron chi connectivity index (χ1n) is 11.1. The maximum Gasteiger partial charge on any atom is 0.354 e. The third-order valence-electron chi connectivity index (χ3n) is 6.41. The molecule has 1 aromatic heterocycles. The maximum atomic E-state index is 13.6. The highest BCUT2D eigenvalue weighted by Gasteiger charge is 2.36. The predicted octanol–water partition coefficient (Wildman–Crippen LogP) is 4.47. The van der Waals surface area contributed by atoms with E-state index in [0.717, 1.165) is 32.1 Å². The van der Waals surface area contributed by atoms with E-state index in [9.17, 15) is 14.4 Å². The number of esters is 1. The molecule has 0 aliphatic heterocycles. The smallest absolute Gasteiger partial charge is 0.354 e. The first kappa shape index (κ1) is 23.6. The molecule has 0 unspecified atom stereocenters. The van der Waals surface area contributed by atoms with Gasteiger partial charge in [-0.3, -0.25) is 9.59 Å². The zero-order valence-electron chi connectivity index (χ0n) is 19.5. The summed E-state index contributed by atoms with van der Waals surface area (Å²) in [4.78, 5) is 44.0. The molecule has 1 heterocycles. The van der Waals surface area contributed by atoms with Crippen molar-refractivity contribution in [2.75, 3.05) is 14.2 Å². The molecule has 1 aliphatic rings. The Kier molecular flexibility index (Phi) is 7.38. The molecule has 0 bridgehead atoms. The lowest BCUT2D eigenvalue weighted by Gasteiger charge is -2.38. The Morgan fingerprint density at radius 2 is 1.66 bits per heavy atom. The average molecular weight is 441 g/mol. The van der Waals surface area contributed by atoms with E-state index in [4.69, 9.17) is 9.47 Å². The summed E-state index contributed by atoms with van der Waals surface area (Å²) in [5, 5.41) is 0. The summed E-state index contributed by atoms with van der Waals surface area (Å²) in [6.45, 7) is 5.27. The minimum atomic E-state index is -0.675. The lowest BCUT2D eigenvalue weighted by molar-refractivity contribution is 0.0486. The molecule has 1 fully saturated rings. The zero-order valence-corrected chi connectivity index (χ0v) is 19.5. The number of ketones is 1. The van der Waals surface area contributed by atoms with Crippen LogP contribution in [0.2, 0.25) is 0 Å². The molecule has 1 atom stereocenters. The summed E-state index contributed by atoms with van der Waals surface area (Å²) < 4.78 is 10.0. The minimum absolute atomic E-state index is 0.00284. The Balaban J connectivity index is 1.97. The van der Waals surface area contributed by atoms with Gasteiger partial charge in [-0.05, 0) is 63.4 Å². The van der Waals surface area contributed by atoms with Crippen LogP contribution in [0.5, 0.6) is 5.75 Å². The van der Waals surface area contributed by atoms with E-state index >= 15 is 0 Å². The Hall–Kier alpha value is -3.09. The van der Waals surface area contributed by atoms with E-state index in [2.05, 4.69) is 4.98 Å². The number of nitrogens with one attached hydrogen (secondary N) is 1. The lowest BCUT2D eigenvalue weighted by atomic mass is 9.90. The van der Waals surface area contributed by atoms with Crippen molar-refractivity contribution in [2.24, 2.45) is 0 Å². The number of H-pyrrole nitrogens is 1. The number of amides is 1. The lowest BCUT2D eigenvalue weighted by Crippen LogP contribution is -2.50. The fraction of sp³-hybridized carbons (Fsp3) is 0.480. The van der Waals surface area contributed by atoms with Crippen molar-refractivity contribution in [1.82, 2.24) is 9.88 Å². The van der Waals surface area contributed by atoms with Gasteiger partial charge in [0.25, 0.3) is 5.91 Å². The molecule has 172 valence electrons. The fourth-order valence-electron chi connectivity index (χ4n) is 4.66. The molecule has 1 aromatic carbocycles. The van der Waals surface area contributed by atoms with Crippen LogP contribution in [0.1, 0.15) is 81.5 Å². The second-order valence-corrected chi connectivity index (χ2v) is 8.39. The quantitative estimate of drug-likeness (QED) is 0.507. The fourth-order valence-corrected chi connectivity index (χ4v) is 4.66. The van der Waals surface area contributed by atoms with Gasteiger partial charge in [0.2, 0.25) is 0 Å². The Bertz CT molecular complexity index is 987. The summed E-state index contributed by atoms with van der Waals surface area (Å²) in [6, 6.07) is 6.29. The summed E-state index contributed by atoms with van der Waals surface area (Å²) in [5.74, 6) is -0.196. The van der Waals surface area contributed by atoms with Crippen LogP contribution in [0.4, 0.5) is 0 Å². The number of ether oxygens (including phenoxy) is 2. The number of aryl methyl sites for hydroxylation is 1. The Morgan fingerprint density at radius 1 is 1.03 bits per heavy atom. The van der Waals surface area contributed by atoms with Crippen LogP contribution in [-0.2, 0) is 4.74 Å². The molecule has 0 spiro atoms. The van der Waals surface area contributed by atoms with Gasteiger partial charge in [0, 0.05) is 22.9 Å². The van der Waals surface area contributed by atoms with Crippen LogP contribution < -0.4 is 4.74 Å². The van der Waals surface area contributed by atoms with Crippen LogP contribution in [0.25, 0.3) is 0 Å². The number of aromatic amines is 1. The van der Waals surface area contributed by atoms with Gasteiger partial charge in [-0.25, -0.2) is 4.79 Å². The summed E-state index contributed by atoms with van der Waals surface area (Å²) in [7, 11) is 2.89. The van der Waals surface area contributed by atoms with Gasteiger partial charge in [0.1, 0.15) is 11.4 Å². The SMILES string of the molecule is COC(=O)c1[nH]c(C)c(C(=O)[C@@H](C)N(C(=O)c2ccc(OC)cc2)C2CCCCC2)c1C. The highest BCUT2D eigenvalue weighted by molar-refractivity contribution is 6.07. The van der Waals surface area contributed by atoms with Gasteiger partial charge in [-0.2, -0.15) is 0 Å². The summed E-state index contributed by atoms with van der Waals surface area (Å²) in [6.07, 6.45) is 4.96. The molecule has 2 aromatic rings. The number of hydrogen-bond donors (Lipinski definition) is 1. The van der Waals surface area contributed by atoms with Gasteiger partial charge in [0.05, 0.1) is 20.3 Å². The monoisotopic (exact) mass is 440 g/mol. The number of hydrogen-bond acceptors (Lipinski definition) is 5. The highest BCUT2D eigenvalue weighted by atomic mass is 16.5. The van der Waals surface area contributed by atoms with Crippen molar-refractivity contribution in [2.45, 2.75) is 65.0 Å². The van der Waals surface area contributed by atoms with Crippen LogP contribution in [0.3, 0.4) is 0 Å². The summed E-state index contributed by atoms with van der Waals surface area (Å²) in [5.41, 5.74) is 2.38. The molecule has 0 radical (unpaired) electrons. The molecule has 1 saturated carbocycles. The second-order valence-electron chi connectivity index (χ2n) is 8.39. The van der Waals surface area contributed by atoms with E-state index in [1.165, 1.54) is 7.11 Å². The molecule has 1 N–H and O–H groups in total. The van der Waals surface area contributed by atoms with Gasteiger partial charge in [-0.15, -0.1) is 0 Å². The van der Waals surface area contributed by atoms with E-state index in [1.54, 1.807) is 57.0 Å². The van der Waals surface area contributed by atoms with E-state index in [0.29, 0.717) is 28.1 Å². The van der Waals surface area contributed by atoms with E-state index in [-0.39, 0.29) is 23.4 Å². The van der Waals surface area contributed by atoms with Gasteiger partial charge >= 0.3 is 5.97 Å². The molecular formula is C25H32N2O5. The normalized spacial score (nSPS) is 15.2. The molecule has 32 heavy (non-hydrogen) atoms. The topological polar surface area (TPSA) is 88.7 Å². The van der Waals surface area contributed by atoms with Crippen molar-refractivity contribution >= 4 is 17.7 Å². The third kappa shape index (κ3) is 4.56. The third-order valence-corrected chi connectivity index (χ3v) is 6.41. The van der Waals surface area contributed by atoms with E-state index < -0.39 is 12.0 Å². The number of aromatic nitrogens is 1. The first-order valence-corrected chi connectivity index (χ1v) is 11.1. The van der Waals surface area contributed by atoms with Crippen LogP contribution in [0.15, 0.2) is 24.3 Å². The van der Waals surface area contributed by atoms with Crippen LogP contribution in [0, 0.1) is 13.8 Å². The van der Waals surface area contributed by atoms with Crippen LogP contribution >= 0.6 is 0 Å². The second kappa shape index (κ2) is 10.0. The first-order chi connectivity index (χ1) is 15.3. The standard InChI is InChI=1S/C25H32N2O5/c1-15-21(16(2)26-22(15)25(30)32-5)23(28)17(3)27(19-9-7-6-8-10-19)24(29)18-11-13-20(31-4)14-12-18/h11-14,17,19,26H,6-10H2,1-5H3/t17-/m1/s1. The maximum absolute atomic E-state index is 13.6. The Morgan fingerprint density at radius 3 is 2.22 bits per heavy atom. The number of methoxy groups -OCH3 is 2. The van der Waals surface area contributed by atoms with Crippen molar-refractivity contribution in [3.63, 3.8) is 0 Å². The molecule has 1 amide bonds. The molecule has 3 rings (SSSR count). The van der Waals surface area contributed by atoms with Crippen molar-refractivity contribution in [1.29, 1.82) is 0 Å².